The number of hydrogen-bond donors (Lipinski definition) is 1. The van der Waals surface area contributed by atoms with Crippen molar-refractivity contribution in [3.8, 4) is 27.4 Å². The van der Waals surface area contributed by atoms with Gasteiger partial charge in [0.2, 0.25) is 0 Å². The minimum atomic E-state index is -0.203. The molecule has 0 fully saturated rings. The molecule has 5 aromatic rings. The van der Waals surface area contributed by atoms with Crippen LogP contribution in [0.3, 0.4) is 0 Å². The molecule has 1 N–H and O–H groups in total. The molecular formula is C42H50N2OS. The van der Waals surface area contributed by atoms with Gasteiger partial charge in [-0.05, 0) is 81.2 Å². The van der Waals surface area contributed by atoms with E-state index >= 15 is 0 Å². The van der Waals surface area contributed by atoms with Crippen molar-refractivity contribution in [2.75, 3.05) is 0 Å². The average Bonchev–Trinajstić information content (AvgIpc) is 3.39. The highest BCUT2D eigenvalue weighted by Crippen LogP contribution is 2.42. The number of hydrogen-bond acceptors (Lipinski definition) is 4. The van der Waals surface area contributed by atoms with Crippen molar-refractivity contribution >= 4 is 33.5 Å². The molecule has 46 heavy (non-hydrogen) atoms. The van der Waals surface area contributed by atoms with E-state index < -0.39 is 0 Å². The Morgan fingerprint density at radius 1 is 0.761 bits per heavy atom. The van der Waals surface area contributed by atoms with Crippen LogP contribution in [0.15, 0.2) is 77.8 Å². The zero-order chi connectivity index (χ0) is 33.6. The van der Waals surface area contributed by atoms with Crippen LogP contribution in [0.2, 0.25) is 0 Å². The summed E-state index contributed by atoms with van der Waals surface area (Å²) in [5.74, 6) is 0.915. The van der Waals surface area contributed by atoms with Gasteiger partial charge >= 0.3 is 0 Å². The largest absolute Gasteiger partial charge is 0.507 e. The van der Waals surface area contributed by atoms with Crippen LogP contribution in [0.25, 0.3) is 31.9 Å². The molecule has 0 saturated carbocycles. The third-order valence-corrected chi connectivity index (χ3v) is 9.60. The minimum absolute atomic E-state index is 0.00236. The van der Waals surface area contributed by atoms with E-state index in [1.165, 1.54) is 32.5 Å². The van der Waals surface area contributed by atoms with Crippen molar-refractivity contribution in [3.63, 3.8) is 0 Å². The Morgan fingerprint density at radius 2 is 1.39 bits per heavy atom. The molecule has 0 aliphatic heterocycles. The number of fused-ring (bicyclic) bond motifs is 1. The first-order valence-corrected chi connectivity index (χ1v) is 17.3. The SMILES string of the molecule is CC(C)Cc1ccc(-c2cc(C(C)(C)C)cc3sc(-c4ccccc4N=Cc4cc(C(C)(C)C)cc(C(C)(C)C)c4O)nc23)cc1. The number of nitrogens with zero attached hydrogens (tertiary/aromatic N) is 2. The summed E-state index contributed by atoms with van der Waals surface area (Å²) in [4.78, 5) is 10.3. The molecule has 0 amide bonds. The molecule has 0 aliphatic rings. The first kappa shape index (κ1) is 33.6. The second-order valence-corrected chi connectivity index (χ2v) is 17.2. The second-order valence-electron chi connectivity index (χ2n) is 16.2. The predicted molar refractivity (Wildman–Crippen MR) is 200 cm³/mol. The van der Waals surface area contributed by atoms with Crippen LogP contribution in [0.1, 0.15) is 104 Å². The Labute approximate surface area is 280 Å². The summed E-state index contributed by atoms with van der Waals surface area (Å²) in [7, 11) is 0. The summed E-state index contributed by atoms with van der Waals surface area (Å²) in [5.41, 5.74) is 10.4. The fourth-order valence-corrected chi connectivity index (χ4v) is 6.82. The second kappa shape index (κ2) is 12.4. The first-order valence-electron chi connectivity index (χ1n) is 16.5. The van der Waals surface area contributed by atoms with Gasteiger partial charge in [0.15, 0.2) is 0 Å². The Morgan fingerprint density at radius 3 is 2.00 bits per heavy atom. The summed E-state index contributed by atoms with van der Waals surface area (Å²) >= 11 is 1.72. The summed E-state index contributed by atoms with van der Waals surface area (Å²) in [6.07, 6.45) is 2.89. The lowest BCUT2D eigenvalue weighted by atomic mass is 9.79. The summed E-state index contributed by atoms with van der Waals surface area (Å²) in [6, 6.07) is 26.1. The number of para-hydroxylation sites is 1. The number of rotatable bonds is 6. The molecule has 4 heteroatoms. The van der Waals surface area contributed by atoms with E-state index in [2.05, 4.69) is 131 Å². The maximum absolute atomic E-state index is 11.4. The van der Waals surface area contributed by atoms with Crippen LogP contribution in [0.5, 0.6) is 5.75 Å². The van der Waals surface area contributed by atoms with Crippen LogP contribution in [0, 0.1) is 5.92 Å². The Hall–Kier alpha value is -3.76. The van der Waals surface area contributed by atoms with Crippen LogP contribution in [0.4, 0.5) is 5.69 Å². The van der Waals surface area contributed by atoms with Gasteiger partial charge in [0, 0.05) is 28.5 Å². The lowest BCUT2D eigenvalue weighted by Crippen LogP contribution is -2.17. The van der Waals surface area contributed by atoms with Crippen LogP contribution in [-0.4, -0.2) is 16.3 Å². The van der Waals surface area contributed by atoms with Crippen molar-refractivity contribution in [1.29, 1.82) is 0 Å². The van der Waals surface area contributed by atoms with Gasteiger partial charge in [-0.1, -0.05) is 119 Å². The third-order valence-electron chi connectivity index (χ3n) is 8.56. The van der Waals surface area contributed by atoms with Crippen LogP contribution in [-0.2, 0) is 22.7 Å². The molecule has 0 radical (unpaired) electrons. The first-order chi connectivity index (χ1) is 21.4. The van der Waals surface area contributed by atoms with Gasteiger partial charge < -0.3 is 5.11 Å². The van der Waals surface area contributed by atoms with Crippen molar-refractivity contribution in [1.82, 2.24) is 4.98 Å². The van der Waals surface area contributed by atoms with Crippen molar-refractivity contribution in [2.45, 2.75) is 98.8 Å². The number of phenols is 1. The van der Waals surface area contributed by atoms with Crippen LogP contribution >= 0.6 is 11.3 Å². The Bertz CT molecular complexity index is 1890. The minimum Gasteiger partial charge on any atom is -0.507 e. The molecule has 0 saturated heterocycles. The molecular weight excluding hydrogens is 581 g/mol. The van der Waals surface area contributed by atoms with Gasteiger partial charge in [-0.25, -0.2) is 4.98 Å². The van der Waals surface area contributed by atoms with Gasteiger partial charge in [-0.2, -0.15) is 0 Å². The van der Waals surface area contributed by atoms with Crippen molar-refractivity contribution < 1.29 is 5.11 Å². The molecule has 0 unspecified atom stereocenters. The average molecular weight is 631 g/mol. The lowest BCUT2D eigenvalue weighted by molar-refractivity contribution is 0.444. The number of aromatic nitrogens is 1. The van der Waals surface area contributed by atoms with Gasteiger partial charge in [-0.3, -0.25) is 4.99 Å². The zero-order valence-corrected chi connectivity index (χ0v) is 30.4. The lowest BCUT2D eigenvalue weighted by Gasteiger charge is -2.27. The molecule has 240 valence electrons. The van der Waals surface area contributed by atoms with E-state index in [1.807, 2.05) is 24.4 Å². The van der Waals surface area contributed by atoms with E-state index in [4.69, 9.17) is 9.98 Å². The molecule has 1 heterocycles. The smallest absolute Gasteiger partial charge is 0.128 e. The summed E-state index contributed by atoms with van der Waals surface area (Å²) in [5, 5.41) is 12.3. The zero-order valence-electron chi connectivity index (χ0n) is 29.5. The Balaban J connectivity index is 1.62. The van der Waals surface area contributed by atoms with Crippen LogP contribution < -0.4 is 0 Å². The number of thiazole rings is 1. The quantitative estimate of drug-likeness (QED) is 0.190. The molecule has 4 aromatic carbocycles. The third kappa shape index (κ3) is 7.28. The number of aliphatic imine (C=N–C) groups is 1. The fraction of sp³-hybridized carbons (Fsp3) is 0.381. The molecule has 0 spiro atoms. The molecule has 5 rings (SSSR count). The topological polar surface area (TPSA) is 45.5 Å². The summed E-state index contributed by atoms with van der Waals surface area (Å²) in [6.45, 7) is 24.3. The molecule has 0 aliphatic carbocycles. The highest BCUT2D eigenvalue weighted by molar-refractivity contribution is 7.21. The number of aromatic hydroxyl groups is 1. The van der Waals surface area contributed by atoms with E-state index in [0.29, 0.717) is 11.7 Å². The fourth-order valence-electron chi connectivity index (χ4n) is 5.76. The van der Waals surface area contributed by atoms with Crippen molar-refractivity contribution in [2.24, 2.45) is 10.9 Å². The summed E-state index contributed by atoms with van der Waals surface area (Å²) < 4.78 is 1.17. The molecule has 0 bridgehead atoms. The Kier molecular flexibility index (Phi) is 9.09. The van der Waals surface area contributed by atoms with E-state index in [0.717, 1.165) is 39.3 Å². The highest BCUT2D eigenvalue weighted by atomic mass is 32.1. The molecule has 3 nitrogen and oxygen atoms in total. The van der Waals surface area contributed by atoms with Gasteiger partial charge in [0.05, 0.1) is 15.9 Å². The standard InChI is InChI=1S/C42H50N2OS/c1-26(2)20-27-16-18-28(19-17-27)33-22-31(41(6,7)8)24-36-37(33)44-39(46-36)32-14-12-13-15-35(32)43-25-29-21-30(40(3,4)5)23-34(38(29)45)42(9,10)11/h12-19,21-26,45H,20H2,1-11H3. The van der Waals surface area contributed by atoms with Gasteiger partial charge in [0.1, 0.15) is 10.8 Å². The van der Waals surface area contributed by atoms with Crippen molar-refractivity contribution in [3.05, 3.63) is 101 Å². The van der Waals surface area contributed by atoms with E-state index in [9.17, 15) is 5.11 Å². The maximum Gasteiger partial charge on any atom is 0.128 e. The highest BCUT2D eigenvalue weighted by Gasteiger charge is 2.25. The predicted octanol–water partition coefficient (Wildman–Crippen LogP) is 12.2. The van der Waals surface area contributed by atoms with E-state index in [-0.39, 0.29) is 16.2 Å². The molecule has 0 atom stereocenters. The number of phenolic OH excluding ortho intramolecular Hbond substituents is 1. The van der Waals surface area contributed by atoms with E-state index in [1.54, 1.807) is 11.3 Å². The maximum atomic E-state index is 11.4. The van der Waals surface area contributed by atoms with Gasteiger partial charge in [0.25, 0.3) is 0 Å². The molecule has 1 aromatic heterocycles. The number of benzene rings is 4. The monoisotopic (exact) mass is 630 g/mol. The normalized spacial score (nSPS) is 13.0. The van der Waals surface area contributed by atoms with Gasteiger partial charge in [-0.15, -0.1) is 11.3 Å².